The molecule has 0 amide bonds. The number of methoxy groups -OCH3 is 1. The van der Waals surface area contributed by atoms with Gasteiger partial charge in [0.05, 0.1) is 24.5 Å². The number of nitrogens with zero attached hydrogens (tertiary/aromatic N) is 3. The van der Waals surface area contributed by atoms with Gasteiger partial charge in [0.15, 0.2) is 5.75 Å². The van der Waals surface area contributed by atoms with Gasteiger partial charge in [-0.15, -0.1) is 0 Å². The van der Waals surface area contributed by atoms with Crippen LogP contribution in [-0.2, 0) is 0 Å². The molecule has 28 heavy (non-hydrogen) atoms. The number of hydrogen-bond acceptors (Lipinski definition) is 6. The fourth-order valence-corrected chi connectivity index (χ4v) is 2.80. The van der Waals surface area contributed by atoms with Crippen LogP contribution in [0.1, 0.15) is 19.4 Å². The molecule has 0 spiro atoms. The molecule has 0 saturated heterocycles. The van der Waals surface area contributed by atoms with E-state index in [9.17, 15) is 9.65 Å². The van der Waals surface area contributed by atoms with Gasteiger partial charge in [0, 0.05) is 23.4 Å². The summed E-state index contributed by atoms with van der Waals surface area (Å²) < 4.78 is 24.9. The van der Waals surface area contributed by atoms with E-state index in [1.165, 1.54) is 19.2 Å². The summed E-state index contributed by atoms with van der Waals surface area (Å²) in [6.45, 7) is 3.69. The van der Waals surface area contributed by atoms with Gasteiger partial charge in [-0.2, -0.15) is 5.26 Å². The second-order valence-corrected chi connectivity index (χ2v) is 6.30. The Labute approximate surface area is 162 Å². The van der Waals surface area contributed by atoms with E-state index < -0.39 is 5.82 Å². The van der Waals surface area contributed by atoms with Gasteiger partial charge in [0.1, 0.15) is 23.3 Å². The lowest BCUT2D eigenvalue weighted by molar-refractivity contribution is 0.243. The van der Waals surface area contributed by atoms with Crippen molar-refractivity contribution in [3.63, 3.8) is 0 Å². The fraction of sp³-hybridized carbons (Fsp3) is 0.190. The van der Waals surface area contributed by atoms with E-state index >= 15 is 0 Å². The summed E-state index contributed by atoms with van der Waals surface area (Å²) in [6.07, 6.45) is 1.36. The quantitative estimate of drug-likeness (QED) is 0.715. The second kappa shape index (κ2) is 7.92. The van der Waals surface area contributed by atoms with Gasteiger partial charge in [0.25, 0.3) is 0 Å². The number of ether oxygens (including phenoxy) is 2. The Morgan fingerprint density at radius 2 is 1.96 bits per heavy atom. The Bertz CT molecular complexity index is 1040. The monoisotopic (exact) mass is 378 g/mol. The molecule has 0 atom stereocenters. The maximum atomic E-state index is 13.9. The SMILES string of the molecule is COc1ccc(-c2c(-c3cccc(F)c3)nc(N)c(C#N)c2OC(C)C)cn1. The average molecular weight is 378 g/mol. The lowest BCUT2D eigenvalue weighted by Gasteiger charge is -2.20. The molecule has 0 radical (unpaired) electrons. The summed E-state index contributed by atoms with van der Waals surface area (Å²) in [5.41, 5.74) is 8.22. The van der Waals surface area contributed by atoms with Crippen LogP contribution in [0, 0.1) is 17.1 Å². The largest absolute Gasteiger partial charge is 0.489 e. The molecule has 3 rings (SSSR count). The maximum Gasteiger partial charge on any atom is 0.212 e. The molecule has 1 aromatic carbocycles. The molecule has 6 nitrogen and oxygen atoms in total. The molecule has 0 bridgehead atoms. The molecule has 0 aliphatic heterocycles. The highest BCUT2D eigenvalue weighted by Gasteiger charge is 2.23. The van der Waals surface area contributed by atoms with Gasteiger partial charge >= 0.3 is 0 Å². The van der Waals surface area contributed by atoms with Crippen molar-refractivity contribution in [2.24, 2.45) is 0 Å². The van der Waals surface area contributed by atoms with Crippen LogP contribution >= 0.6 is 0 Å². The number of pyridine rings is 2. The molecule has 2 heterocycles. The summed E-state index contributed by atoms with van der Waals surface area (Å²) in [7, 11) is 1.52. The predicted molar refractivity (Wildman–Crippen MR) is 104 cm³/mol. The van der Waals surface area contributed by atoms with Crippen LogP contribution in [0.25, 0.3) is 22.4 Å². The number of nitrogens with two attached hydrogens (primary N) is 1. The van der Waals surface area contributed by atoms with Crippen molar-refractivity contribution >= 4 is 5.82 Å². The minimum Gasteiger partial charge on any atom is -0.489 e. The van der Waals surface area contributed by atoms with Gasteiger partial charge in [0.2, 0.25) is 5.88 Å². The van der Waals surface area contributed by atoms with E-state index in [4.69, 9.17) is 15.2 Å². The summed E-state index contributed by atoms with van der Waals surface area (Å²) >= 11 is 0. The standard InChI is InChI=1S/C21H19FN4O2/c1-12(2)28-20-16(10-23)21(24)26-19(13-5-4-6-15(22)9-13)18(20)14-7-8-17(27-3)25-11-14/h4-9,11-12H,1-3H3,(H2,24,26). The number of hydrogen-bond donors (Lipinski definition) is 1. The first-order chi connectivity index (χ1) is 13.4. The first-order valence-corrected chi connectivity index (χ1v) is 8.61. The number of nitrogen functional groups attached to an aromatic ring is 1. The molecular formula is C21H19FN4O2. The third-order valence-electron chi connectivity index (χ3n) is 3.98. The van der Waals surface area contributed by atoms with Crippen LogP contribution in [0.5, 0.6) is 11.6 Å². The van der Waals surface area contributed by atoms with E-state index in [2.05, 4.69) is 16.0 Å². The molecule has 0 fully saturated rings. The highest BCUT2D eigenvalue weighted by Crippen LogP contribution is 2.42. The minimum absolute atomic E-state index is 0.0163. The molecule has 0 aliphatic rings. The van der Waals surface area contributed by atoms with Gasteiger partial charge in [-0.05, 0) is 32.0 Å². The first kappa shape index (κ1) is 19.1. The number of rotatable bonds is 5. The lowest BCUT2D eigenvalue weighted by atomic mass is 9.97. The normalized spacial score (nSPS) is 10.6. The summed E-state index contributed by atoms with van der Waals surface area (Å²) in [6, 6.07) is 11.5. The Kier molecular flexibility index (Phi) is 5.41. The van der Waals surface area contributed by atoms with Crippen molar-refractivity contribution in [1.82, 2.24) is 9.97 Å². The van der Waals surface area contributed by atoms with Crippen LogP contribution in [-0.4, -0.2) is 23.2 Å². The van der Waals surface area contributed by atoms with Gasteiger partial charge < -0.3 is 15.2 Å². The molecule has 7 heteroatoms. The van der Waals surface area contributed by atoms with Gasteiger partial charge in [-0.1, -0.05) is 12.1 Å². The third kappa shape index (κ3) is 3.71. The molecule has 0 aliphatic carbocycles. The van der Waals surface area contributed by atoms with E-state index in [0.717, 1.165) is 0 Å². The molecular weight excluding hydrogens is 359 g/mol. The van der Waals surface area contributed by atoms with Crippen molar-refractivity contribution in [1.29, 1.82) is 5.26 Å². The Balaban J connectivity index is 2.37. The first-order valence-electron chi connectivity index (χ1n) is 8.61. The van der Waals surface area contributed by atoms with Crippen molar-refractivity contribution in [3.05, 3.63) is 54.0 Å². The molecule has 3 aromatic rings. The Hall–Kier alpha value is -3.66. The predicted octanol–water partition coefficient (Wildman–Crippen LogP) is 4.20. The van der Waals surface area contributed by atoms with Gasteiger partial charge in [-0.3, -0.25) is 0 Å². The zero-order valence-corrected chi connectivity index (χ0v) is 15.7. The number of anilines is 1. The number of halogens is 1. The van der Waals surface area contributed by atoms with Crippen molar-refractivity contribution in [3.8, 4) is 40.1 Å². The fourth-order valence-electron chi connectivity index (χ4n) is 2.80. The molecule has 0 unspecified atom stereocenters. The van der Waals surface area contributed by atoms with Crippen molar-refractivity contribution < 1.29 is 13.9 Å². The minimum atomic E-state index is -0.410. The number of nitriles is 1. The van der Waals surface area contributed by atoms with Crippen LogP contribution in [0.4, 0.5) is 10.2 Å². The molecule has 0 saturated carbocycles. The zero-order chi connectivity index (χ0) is 20.3. The highest BCUT2D eigenvalue weighted by molar-refractivity contribution is 5.89. The summed E-state index contributed by atoms with van der Waals surface area (Å²) in [4.78, 5) is 8.62. The maximum absolute atomic E-state index is 13.9. The van der Waals surface area contributed by atoms with Crippen LogP contribution in [0.2, 0.25) is 0 Å². The van der Waals surface area contributed by atoms with E-state index in [1.807, 2.05) is 13.8 Å². The molecule has 2 aromatic heterocycles. The van der Waals surface area contributed by atoms with Crippen molar-refractivity contribution in [2.75, 3.05) is 12.8 Å². The zero-order valence-electron chi connectivity index (χ0n) is 15.7. The topological polar surface area (TPSA) is 94.1 Å². The Morgan fingerprint density at radius 3 is 2.54 bits per heavy atom. The summed E-state index contributed by atoms with van der Waals surface area (Å²) in [5.74, 6) is 0.331. The third-order valence-corrected chi connectivity index (χ3v) is 3.98. The number of benzene rings is 1. The lowest BCUT2D eigenvalue weighted by Crippen LogP contribution is -2.11. The van der Waals surface area contributed by atoms with E-state index in [-0.39, 0.29) is 23.2 Å². The van der Waals surface area contributed by atoms with E-state index in [0.29, 0.717) is 28.3 Å². The Morgan fingerprint density at radius 1 is 1.18 bits per heavy atom. The van der Waals surface area contributed by atoms with Crippen LogP contribution in [0.15, 0.2) is 42.6 Å². The van der Waals surface area contributed by atoms with Crippen LogP contribution in [0.3, 0.4) is 0 Å². The highest BCUT2D eigenvalue weighted by atomic mass is 19.1. The number of aromatic nitrogens is 2. The van der Waals surface area contributed by atoms with Crippen molar-refractivity contribution in [2.45, 2.75) is 20.0 Å². The summed E-state index contributed by atoms with van der Waals surface area (Å²) in [5, 5.41) is 9.63. The second-order valence-electron chi connectivity index (χ2n) is 6.30. The molecule has 142 valence electrons. The molecule has 2 N–H and O–H groups in total. The van der Waals surface area contributed by atoms with Gasteiger partial charge in [-0.25, -0.2) is 14.4 Å². The van der Waals surface area contributed by atoms with E-state index in [1.54, 1.807) is 30.5 Å². The smallest absolute Gasteiger partial charge is 0.212 e. The van der Waals surface area contributed by atoms with Crippen LogP contribution < -0.4 is 15.2 Å². The average Bonchev–Trinajstić information content (AvgIpc) is 2.67.